The number of rotatable bonds is 5. The van der Waals surface area contributed by atoms with Crippen LogP contribution in [-0.2, 0) is 4.74 Å². The molecule has 2 fully saturated rings. The Kier molecular flexibility index (Phi) is 4.36. The van der Waals surface area contributed by atoms with E-state index in [1.807, 2.05) is 24.3 Å². The summed E-state index contributed by atoms with van der Waals surface area (Å²) in [6.07, 6.45) is 1.27. The molecule has 1 saturated carbocycles. The van der Waals surface area contributed by atoms with Crippen LogP contribution < -0.4 is 15.4 Å². The van der Waals surface area contributed by atoms with E-state index >= 15 is 0 Å². The van der Waals surface area contributed by atoms with Gasteiger partial charge in [0.15, 0.2) is 5.13 Å². The number of nitrogens with one attached hydrogen (secondary N) is 2. The second kappa shape index (κ2) is 6.55. The predicted molar refractivity (Wildman–Crippen MR) is 101 cm³/mol. The Hall–Kier alpha value is -2.12. The van der Waals surface area contributed by atoms with Crippen molar-refractivity contribution in [2.45, 2.75) is 32.4 Å². The van der Waals surface area contributed by atoms with Crippen LogP contribution in [0.5, 0.6) is 5.75 Å². The van der Waals surface area contributed by atoms with Gasteiger partial charge in [-0.1, -0.05) is 13.8 Å². The number of aromatic nitrogens is 1. The van der Waals surface area contributed by atoms with Crippen LogP contribution in [0, 0.1) is 11.3 Å². The number of hydrogen-bond donors (Lipinski definition) is 2. The second-order valence-corrected chi connectivity index (χ2v) is 8.27. The number of anilines is 2. The summed E-state index contributed by atoms with van der Waals surface area (Å²) in [5, 5.41) is 8.86. The molecule has 1 amide bonds. The van der Waals surface area contributed by atoms with Gasteiger partial charge in [0.2, 0.25) is 0 Å². The van der Waals surface area contributed by atoms with Gasteiger partial charge >= 0.3 is 0 Å². The van der Waals surface area contributed by atoms with Gasteiger partial charge in [-0.25, -0.2) is 4.98 Å². The summed E-state index contributed by atoms with van der Waals surface area (Å²) in [6.45, 7) is 5.10. The monoisotopic (exact) mass is 373 g/mol. The first-order valence-corrected chi connectivity index (χ1v) is 9.66. The molecule has 138 valence electrons. The highest BCUT2D eigenvalue weighted by atomic mass is 32.1. The number of ether oxygens (including phenoxy) is 2. The number of carbonyl (C=O) groups is 1. The Labute approximate surface area is 156 Å². The highest BCUT2D eigenvalue weighted by Crippen LogP contribution is 2.52. The smallest absolute Gasteiger partial charge is 0.271 e. The standard InChI is InChI=1S/C19H23N3O3S/c1-19(2)15(13-8-9-25-16(13)19)22-17(23)14-10-26-18(21-14)20-11-4-6-12(24-3)7-5-11/h4-7,10,13,15-16H,8-9H2,1-3H3,(H,20,21)(H,22,23). The Bertz CT molecular complexity index is 803. The third-order valence-electron chi connectivity index (χ3n) is 5.47. The van der Waals surface area contributed by atoms with Crippen LogP contribution in [-0.4, -0.2) is 36.8 Å². The zero-order valence-corrected chi connectivity index (χ0v) is 15.9. The minimum atomic E-state index is -0.118. The highest BCUT2D eigenvalue weighted by molar-refractivity contribution is 7.14. The molecule has 1 aliphatic heterocycles. The molecule has 2 N–H and O–H groups in total. The first kappa shape index (κ1) is 17.3. The van der Waals surface area contributed by atoms with Gasteiger partial charge in [-0.15, -0.1) is 11.3 Å². The summed E-state index contributed by atoms with van der Waals surface area (Å²) in [4.78, 5) is 17.0. The normalized spacial score (nSPS) is 25.9. The number of benzene rings is 1. The van der Waals surface area contributed by atoms with Crippen LogP contribution in [0.2, 0.25) is 0 Å². The maximum absolute atomic E-state index is 12.6. The molecule has 4 rings (SSSR count). The van der Waals surface area contributed by atoms with E-state index in [1.165, 1.54) is 11.3 Å². The van der Waals surface area contributed by atoms with E-state index < -0.39 is 0 Å². The van der Waals surface area contributed by atoms with Crippen LogP contribution in [0.4, 0.5) is 10.8 Å². The average molecular weight is 373 g/mol. The molecule has 1 aromatic carbocycles. The summed E-state index contributed by atoms with van der Waals surface area (Å²) in [6, 6.07) is 7.72. The number of thiazole rings is 1. The van der Waals surface area contributed by atoms with Crippen molar-refractivity contribution in [3.63, 3.8) is 0 Å². The second-order valence-electron chi connectivity index (χ2n) is 7.41. The van der Waals surface area contributed by atoms with Gasteiger partial charge < -0.3 is 20.1 Å². The van der Waals surface area contributed by atoms with Crippen molar-refractivity contribution in [1.29, 1.82) is 0 Å². The lowest BCUT2D eigenvalue weighted by atomic mass is 9.57. The van der Waals surface area contributed by atoms with Crippen molar-refractivity contribution in [1.82, 2.24) is 10.3 Å². The fourth-order valence-corrected chi connectivity index (χ4v) is 4.78. The van der Waals surface area contributed by atoms with E-state index in [9.17, 15) is 4.79 Å². The number of methoxy groups -OCH3 is 1. The van der Waals surface area contributed by atoms with Gasteiger partial charge in [0.25, 0.3) is 5.91 Å². The lowest BCUT2D eigenvalue weighted by Gasteiger charge is -2.54. The zero-order valence-electron chi connectivity index (χ0n) is 15.1. The molecule has 3 atom stereocenters. The molecule has 6 nitrogen and oxygen atoms in total. The highest BCUT2D eigenvalue weighted by Gasteiger charge is 2.59. The summed E-state index contributed by atoms with van der Waals surface area (Å²) in [5.41, 5.74) is 1.32. The van der Waals surface area contributed by atoms with Gasteiger partial charge in [-0.2, -0.15) is 0 Å². The van der Waals surface area contributed by atoms with Gasteiger partial charge in [0, 0.05) is 35.0 Å². The lowest BCUT2D eigenvalue weighted by molar-refractivity contribution is -0.108. The molecule has 0 bridgehead atoms. The van der Waals surface area contributed by atoms with Crippen molar-refractivity contribution in [2.24, 2.45) is 11.3 Å². The molecule has 2 aliphatic rings. The minimum absolute atomic E-state index is 0.0307. The third-order valence-corrected chi connectivity index (χ3v) is 6.22. The first-order valence-electron chi connectivity index (χ1n) is 8.78. The van der Waals surface area contributed by atoms with Gasteiger partial charge in [-0.05, 0) is 30.7 Å². The van der Waals surface area contributed by atoms with Crippen LogP contribution in [0.3, 0.4) is 0 Å². The summed E-state index contributed by atoms with van der Waals surface area (Å²) in [5.74, 6) is 1.10. The van der Waals surface area contributed by atoms with Crippen LogP contribution >= 0.6 is 11.3 Å². The van der Waals surface area contributed by atoms with E-state index in [4.69, 9.17) is 9.47 Å². The maximum Gasteiger partial charge on any atom is 0.271 e. The number of amides is 1. The van der Waals surface area contributed by atoms with Crippen molar-refractivity contribution in [2.75, 3.05) is 19.0 Å². The molecule has 1 aliphatic carbocycles. The average Bonchev–Trinajstić information content (AvgIpc) is 3.28. The maximum atomic E-state index is 12.6. The zero-order chi connectivity index (χ0) is 18.3. The molecule has 2 heterocycles. The largest absolute Gasteiger partial charge is 0.497 e. The van der Waals surface area contributed by atoms with Crippen molar-refractivity contribution < 1.29 is 14.3 Å². The molecule has 26 heavy (non-hydrogen) atoms. The molecule has 7 heteroatoms. The van der Waals surface area contributed by atoms with E-state index in [0.29, 0.717) is 16.7 Å². The fourth-order valence-electron chi connectivity index (χ4n) is 4.07. The Morgan fingerprint density at radius 3 is 2.85 bits per heavy atom. The number of hydrogen-bond acceptors (Lipinski definition) is 6. The van der Waals surface area contributed by atoms with Crippen LogP contribution in [0.15, 0.2) is 29.6 Å². The van der Waals surface area contributed by atoms with Gasteiger partial charge in [-0.3, -0.25) is 4.79 Å². The van der Waals surface area contributed by atoms with Gasteiger partial charge in [0.1, 0.15) is 11.4 Å². The molecule has 1 saturated heterocycles. The predicted octanol–water partition coefficient (Wildman–Crippen LogP) is 3.44. The van der Waals surface area contributed by atoms with E-state index in [-0.39, 0.29) is 23.5 Å². The van der Waals surface area contributed by atoms with Crippen molar-refractivity contribution in [3.8, 4) is 5.75 Å². The first-order chi connectivity index (χ1) is 12.5. The summed E-state index contributed by atoms with van der Waals surface area (Å²) < 4.78 is 10.9. The molecule has 2 aromatic rings. The van der Waals surface area contributed by atoms with Crippen molar-refractivity contribution >= 4 is 28.1 Å². The third kappa shape index (κ3) is 2.95. The van der Waals surface area contributed by atoms with E-state index in [2.05, 4.69) is 29.5 Å². The van der Waals surface area contributed by atoms with Gasteiger partial charge in [0.05, 0.1) is 13.2 Å². The SMILES string of the molecule is COc1ccc(Nc2nc(C(=O)NC3C4CCOC4C3(C)C)cs2)cc1. The van der Waals surface area contributed by atoms with Crippen LogP contribution in [0.1, 0.15) is 30.8 Å². The number of fused-ring (bicyclic) bond motifs is 1. The molecular weight excluding hydrogens is 350 g/mol. The number of carbonyl (C=O) groups excluding carboxylic acids is 1. The molecule has 3 unspecified atom stereocenters. The van der Waals surface area contributed by atoms with Crippen molar-refractivity contribution in [3.05, 3.63) is 35.3 Å². The topological polar surface area (TPSA) is 72.5 Å². The molecular formula is C19H23N3O3S. The molecule has 0 spiro atoms. The molecule has 0 radical (unpaired) electrons. The summed E-state index contributed by atoms with van der Waals surface area (Å²) in [7, 11) is 1.64. The fraction of sp³-hybridized carbons (Fsp3) is 0.474. The quantitative estimate of drug-likeness (QED) is 0.840. The Morgan fingerprint density at radius 1 is 1.35 bits per heavy atom. The Morgan fingerprint density at radius 2 is 2.12 bits per heavy atom. The molecule has 1 aromatic heterocycles. The van der Waals surface area contributed by atoms with E-state index in [1.54, 1.807) is 12.5 Å². The van der Waals surface area contributed by atoms with Crippen LogP contribution in [0.25, 0.3) is 0 Å². The van der Waals surface area contributed by atoms with E-state index in [0.717, 1.165) is 24.5 Å². The lowest BCUT2D eigenvalue weighted by Crippen LogP contribution is -2.66. The minimum Gasteiger partial charge on any atom is -0.497 e. The number of nitrogens with zero attached hydrogens (tertiary/aromatic N) is 1. The Balaban J connectivity index is 1.40. The summed E-state index contributed by atoms with van der Waals surface area (Å²) >= 11 is 1.42.